The monoisotopic (exact) mass is 426 g/mol. The predicted molar refractivity (Wildman–Crippen MR) is 101 cm³/mol. The van der Waals surface area contributed by atoms with Crippen LogP contribution in [0.5, 0.6) is 0 Å². The van der Waals surface area contributed by atoms with Crippen LogP contribution in [0.25, 0.3) is 11.6 Å². The molecule has 0 aliphatic carbocycles. The minimum absolute atomic E-state index is 0.0783. The molecular formula is C19H20F6S2. The molecule has 0 aliphatic heterocycles. The molecule has 2 rings (SSSR count). The van der Waals surface area contributed by atoms with Crippen LogP contribution >= 0.6 is 22.7 Å². The molecular weight excluding hydrogens is 406 g/mol. The Balaban J connectivity index is 2.87. The van der Waals surface area contributed by atoms with Crippen molar-refractivity contribution in [3.05, 3.63) is 41.8 Å². The summed E-state index contributed by atoms with van der Waals surface area (Å²) in [6.07, 6.45) is -3.52. The Labute approximate surface area is 162 Å². The molecule has 0 spiro atoms. The third-order valence-electron chi connectivity index (χ3n) is 4.77. The summed E-state index contributed by atoms with van der Waals surface area (Å²) >= 11 is 2.53. The second-order valence-corrected chi connectivity index (χ2v) is 9.38. The maximum atomic E-state index is 14.8. The third kappa shape index (κ3) is 3.58. The third-order valence-corrected chi connectivity index (χ3v) is 7.03. The van der Waals surface area contributed by atoms with Gasteiger partial charge in [-0.3, -0.25) is 0 Å². The molecule has 2 aromatic rings. The number of hydrogen-bond acceptors (Lipinski definition) is 2. The van der Waals surface area contributed by atoms with E-state index >= 15 is 0 Å². The van der Waals surface area contributed by atoms with Gasteiger partial charge in [-0.25, -0.2) is 8.78 Å². The number of hydrogen-bond donors (Lipinski definition) is 0. The van der Waals surface area contributed by atoms with E-state index in [9.17, 15) is 26.3 Å². The first-order valence-corrected chi connectivity index (χ1v) is 9.76. The van der Waals surface area contributed by atoms with E-state index in [0.29, 0.717) is 31.3 Å². The van der Waals surface area contributed by atoms with Crippen molar-refractivity contribution < 1.29 is 26.3 Å². The van der Waals surface area contributed by atoms with Gasteiger partial charge in [-0.05, 0) is 64.3 Å². The van der Waals surface area contributed by atoms with Gasteiger partial charge in [0, 0.05) is 30.6 Å². The lowest BCUT2D eigenvalue weighted by atomic mass is 9.90. The summed E-state index contributed by atoms with van der Waals surface area (Å²) in [6.45, 7) is 9.94. The average Bonchev–Trinajstić information content (AvgIpc) is 2.93. The van der Waals surface area contributed by atoms with Gasteiger partial charge in [0.1, 0.15) is 0 Å². The van der Waals surface area contributed by atoms with Crippen LogP contribution in [0.3, 0.4) is 0 Å². The molecule has 0 saturated heterocycles. The van der Waals surface area contributed by atoms with Gasteiger partial charge in [-0.1, -0.05) is 0 Å². The van der Waals surface area contributed by atoms with Crippen LogP contribution in [0.1, 0.15) is 41.8 Å². The number of alkyl halides is 6. The summed E-state index contributed by atoms with van der Waals surface area (Å²) in [5.41, 5.74) is 0.311. The number of thiophene rings is 2. The molecule has 0 amide bonds. The molecule has 0 saturated carbocycles. The Hall–Kier alpha value is -1.28. The van der Waals surface area contributed by atoms with Crippen molar-refractivity contribution in [2.45, 2.75) is 59.8 Å². The second-order valence-electron chi connectivity index (χ2n) is 6.52. The summed E-state index contributed by atoms with van der Waals surface area (Å²) in [5.74, 6) is -10.5. The summed E-state index contributed by atoms with van der Waals surface area (Å²) in [5, 5.41) is 0. The van der Waals surface area contributed by atoms with Gasteiger partial charge in [0.15, 0.2) is 0 Å². The van der Waals surface area contributed by atoms with Gasteiger partial charge in [-0.2, -0.15) is 17.6 Å². The maximum absolute atomic E-state index is 14.8. The SMILES string of the molecule is Cc1sc(C)c(C=C(c2c(C)sc(C)c2C)C(F)(F)C(F)(F)C(F)F)c1C. The number of halogens is 6. The fourth-order valence-corrected chi connectivity index (χ4v) is 5.12. The molecule has 0 aliphatic rings. The van der Waals surface area contributed by atoms with Crippen molar-refractivity contribution in [1.29, 1.82) is 0 Å². The van der Waals surface area contributed by atoms with Gasteiger partial charge in [0.2, 0.25) is 0 Å². The average molecular weight is 426 g/mol. The number of aryl methyl sites for hydroxylation is 4. The van der Waals surface area contributed by atoms with Crippen LogP contribution in [0.2, 0.25) is 0 Å². The molecule has 2 heterocycles. The van der Waals surface area contributed by atoms with E-state index in [1.807, 2.05) is 0 Å². The van der Waals surface area contributed by atoms with Gasteiger partial charge < -0.3 is 0 Å². The molecule has 8 heteroatoms. The van der Waals surface area contributed by atoms with Crippen molar-refractivity contribution >= 4 is 34.3 Å². The maximum Gasteiger partial charge on any atom is 0.373 e. The summed E-state index contributed by atoms with van der Waals surface area (Å²) in [4.78, 5) is 2.60. The molecule has 0 N–H and O–H groups in total. The zero-order chi connectivity index (χ0) is 20.9. The molecule has 2 aromatic heterocycles. The van der Waals surface area contributed by atoms with E-state index in [1.165, 1.54) is 36.5 Å². The standard InChI is InChI=1S/C19H20F6S2/c1-8-10(3)26-12(5)14(8)7-15(16-9(2)11(4)27-13(16)6)18(22,23)19(24,25)17(20)21/h7,17H,1-6H3. The highest BCUT2D eigenvalue weighted by Gasteiger charge is 2.65. The summed E-state index contributed by atoms with van der Waals surface area (Å²) < 4.78 is 83.2. The molecule has 0 bridgehead atoms. The van der Waals surface area contributed by atoms with E-state index in [0.717, 1.165) is 11.0 Å². The fraction of sp³-hybridized carbons (Fsp3) is 0.474. The first kappa shape index (κ1) is 22.0. The zero-order valence-electron chi connectivity index (χ0n) is 15.7. The lowest BCUT2D eigenvalue weighted by Gasteiger charge is -2.29. The minimum atomic E-state index is -5.49. The minimum Gasteiger partial charge on any atom is -0.203 e. The van der Waals surface area contributed by atoms with Gasteiger partial charge in [0.05, 0.1) is 0 Å². The molecule has 0 atom stereocenters. The molecule has 0 radical (unpaired) electrons. The first-order chi connectivity index (χ1) is 12.2. The molecule has 150 valence electrons. The Morgan fingerprint density at radius 2 is 1.26 bits per heavy atom. The van der Waals surface area contributed by atoms with E-state index in [2.05, 4.69) is 0 Å². The second kappa shape index (κ2) is 7.28. The van der Waals surface area contributed by atoms with E-state index < -0.39 is 23.8 Å². The highest BCUT2D eigenvalue weighted by molar-refractivity contribution is 7.12. The van der Waals surface area contributed by atoms with Crippen molar-refractivity contribution in [3.8, 4) is 0 Å². The van der Waals surface area contributed by atoms with Crippen LogP contribution in [0.4, 0.5) is 26.3 Å². The van der Waals surface area contributed by atoms with E-state index in [1.54, 1.807) is 27.7 Å². The smallest absolute Gasteiger partial charge is 0.203 e. The molecule has 27 heavy (non-hydrogen) atoms. The van der Waals surface area contributed by atoms with Crippen molar-refractivity contribution in [3.63, 3.8) is 0 Å². The van der Waals surface area contributed by atoms with Gasteiger partial charge in [0.25, 0.3) is 0 Å². The Morgan fingerprint density at radius 3 is 1.63 bits per heavy atom. The highest BCUT2D eigenvalue weighted by atomic mass is 32.1. The topological polar surface area (TPSA) is 0 Å². The summed E-state index contributed by atoms with van der Waals surface area (Å²) in [7, 11) is 0. The van der Waals surface area contributed by atoms with Crippen molar-refractivity contribution in [2.75, 3.05) is 0 Å². The first-order valence-electron chi connectivity index (χ1n) is 8.12. The quantitative estimate of drug-likeness (QED) is 0.429. The zero-order valence-corrected chi connectivity index (χ0v) is 17.4. The largest absolute Gasteiger partial charge is 0.373 e. The van der Waals surface area contributed by atoms with Crippen LogP contribution in [0.15, 0.2) is 0 Å². The van der Waals surface area contributed by atoms with Crippen molar-refractivity contribution in [2.24, 2.45) is 0 Å². The van der Waals surface area contributed by atoms with Crippen LogP contribution in [-0.4, -0.2) is 18.3 Å². The van der Waals surface area contributed by atoms with Gasteiger partial charge >= 0.3 is 18.3 Å². The van der Waals surface area contributed by atoms with E-state index in [-0.39, 0.29) is 5.56 Å². The summed E-state index contributed by atoms with van der Waals surface area (Å²) in [6, 6.07) is 0. The Morgan fingerprint density at radius 1 is 0.778 bits per heavy atom. The Kier molecular flexibility index (Phi) is 5.93. The molecule has 0 unspecified atom stereocenters. The predicted octanol–water partition coefficient (Wildman–Crippen LogP) is 7.74. The van der Waals surface area contributed by atoms with Crippen LogP contribution < -0.4 is 0 Å². The molecule has 0 aromatic carbocycles. The molecule has 0 nitrogen and oxygen atoms in total. The normalized spacial score (nSPS) is 13.7. The van der Waals surface area contributed by atoms with E-state index in [4.69, 9.17) is 0 Å². The number of allylic oxidation sites excluding steroid dienone is 1. The highest BCUT2D eigenvalue weighted by Crippen LogP contribution is 2.51. The van der Waals surface area contributed by atoms with Gasteiger partial charge in [-0.15, -0.1) is 22.7 Å². The van der Waals surface area contributed by atoms with Crippen LogP contribution in [0, 0.1) is 41.5 Å². The lowest BCUT2D eigenvalue weighted by Crippen LogP contribution is -2.47. The lowest BCUT2D eigenvalue weighted by molar-refractivity contribution is -0.236. The van der Waals surface area contributed by atoms with Crippen molar-refractivity contribution in [1.82, 2.24) is 0 Å². The molecule has 0 fully saturated rings. The Bertz CT molecular complexity index is 887. The fourth-order valence-electron chi connectivity index (χ4n) is 2.99. The number of rotatable bonds is 5. The van der Waals surface area contributed by atoms with Crippen LogP contribution in [-0.2, 0) is 0 Å².